The molecule has 2 saturated heterocycles. The monoisotopic (exact) mass is 198 g/mol. The zero-order valence-corrected chi connectivity index (χ0v) is 8.30. The minimum absolute atomic E-state index is 0.616. The summed E-state index contributed by atoms with van der Waals surface area (Å²) < 4.78 is 10.1. The van der Waals surface area contributed by atoms with E-state index in [1.165, 1.54) is 5.56 Å². The van der Waals surface area contributed by atoms with Gasteiger partial charge in [0.05, 0.1) is 5.69 Å². The fourth-order valence-electron chi connectivity index (χ4n) is 1.37. The Morgan fingerprint density at radius 2 is 2.33 bits per heavy atom. The highest BCUT2D eigenvalue weighted by Gasteiger charge is 2.52. The number of hydrogen-bond acceptors (Lipinski definition) is 4. The summed E-state index contributed by atoms with van der Waals surface area (Å²) in [5, 5.41) is 0. The van der Waals surface area contributed by atoms with E-state index in [2.05, 4.69) is 16.9 Å². The van der Waals surface area contributed by atoms with E-state index in [-0.39, 0.29) is 0 Å². The molecule has 1 aromatic heterocycles. The average Bonchev–Trinajstić information content (AvgIpc) is 3.17. The predicted molar refractivity (Wildman–Crippen MR) is 56.4 cm³/mol. The number of aryl methyl sites for hydroxylation is 1. The quantitative estimate of drug-likeness (QED) is 0.521. The topological polar surface area (TPSA) is 50.3 Å². The van der Waals surface area contributed by atoms with Crippen molar-refractivity contribution >= 4 is 20.8 Å². The van der Waals surface area contributed by atoms with Crippen LogP contribution in [0.4, 0.5) is 0 Å². The Hall–Kier alpha value is -1.29. The van der Waals surface area contributed by atoms with Crippen molar-refractivity contribution < 1.29 is 9.31 Å². The van der Waals surface area contributed by atoms with Crippen molar-refractivity contribution in [1.29, 1.82) is 0 Å². The van der Waals surface area contributed by atoms with Gasteiger partial charge in [-0.05, 0) is 18.1 Å². The van der Waals surface area contributed by atoms with Crippen molar-refractivity contribution in [3.63, 3.8) is 0 Å². The van der Waals surface area contributed by atoms with Gasteiger partial charge in [-0.25, -0.2) is 4.99 Å². The molecule has 72 valence electrons. The first kappa shape index (κ1) is 8.97. The van der Waals surface area contributed by atoms with Gasteiger partial charge in [0.2, 0.25) is 0 Å². The zero-order valence-electron chi connectivity index (χ0n) is 8.30. The zero-order chi connectivity index (χ0) is 10.3. The maximum absolute atomic E-state index is 5.23. The summed E-state index contributed by atoms with van der Waals surface area (Å²) in [5.41, 5.74) is 1.32. The van der Waals surface area contributed by atoms with Gasteiger partial charge in [-0.15, -0.1) is 0 Å². The van der Waals surface area contributed by atoms with Gasteiger partial charge in [-0.3, -0.25) is 4.98 Å². The van der Waals surface area contributed by atoms with E-state index in [0.29, 0.717) is 5.80 Å². The summed E-state index contributed by atoms with van der Waals surface area (Å²) in [5.74, 6) is 0.616. The summed E-state index contributed by atoms with van der Waals surface area (Å²) >= 11 is 0. The first-order chi connectivity index (χ1) is 7.32. The summed E-state index contributed by atoms with van der Waals surface area (Å²) in [4.78, 5) is 8.59. The SMILES string of the molecule is CCc1ccc(C2(N=C3[B]O3)[B]O2)nc1. The number of pyridine rings is 1. The number of hydrogen-bond donors (Lipinski definition) is 0. The second-order valence-electron chi connectivity index (χ2n) is 3.52. The maximum atomic E-state index is 5.23. The van der Waals surface area contributed by atoms with Crippen LogP contribution in [0, 0.1) is 0 Å². The lowest BCUT2D eigenvalue weighted by Crippen LogP contribution is -2.09. The molecular formula is C9H8B2N2O2. The lowest BCUT2D eigenvalue weighted by molar-refractivity contribution is 0.327. The van der Waals surface area contributed by atoms with E-state index < -0.39 is 5.62 Å². The molecular weight excluding hydrogens is 190 g/mol. The first-order valence-corrected chi connectivity index (χ1v) is 4.90. The third kappa shape index (κ3) is 1.65. The van der Waals surface area contributed by atoms with Crippen molar-refractivity contribution in [3.8, 4) is 0 Å². The molecule has 15 heavy (non-hydrogen) atoms. The van der Waals surface area contributed by atoms with Gasteiger partial charge in [-0.1, -0.05) is 13.0 Å². The Balaban J connectivity index is 1.88. The Kier molecular flexibility index (Phi) is 1.85. The second kappa shape index (κ2) is 3.10. The predicted octanol–water partition coefficient (Wildman–Crippen LogP) is 0.409. The van der Waals surface area contributed by atoms with Crippen LogP contribution < -0.4 is 0 Å². The Labute approximate surface area is 89.3 Å². The van der Waals surface area contributed by atoms with Crippen LogP contribution in [0.5, 0.6) is 0 Å². The largest absolute Gasteiger partial charge is 0.549 e. The molecule has 0 aromatic carbocycles. The normalized spacial score (nSPS) is 29.0. The molecule has 0 spiro atoms. The lowest BCUT2D eigenvalue weighted by atomic mass is 9.92. The van der Waals surface area contributed by atoms with Crippen LogP contribution in [0.1, 0.15) is 18.2 Å². The van der Waals surface area contributed by atoms with Crippen molar-refractivity contribution in [2.24, 2.45) is 4.99 Å². The molecule has 1 aromatic rings. The molecule has 3 heterocycles. The molecule has 2 fully saturated rings. The highest BCUT2D eigenvalue weighted by Crippen LogP contribution is 2.37. The van der Waals surface area contributed by atoms with Gasteiger partial charge in [0.25, 0.3) is 0 Å². The molecule has 0 N–H and O–H groups in total. The molecule has 0 aliphatic carbocycles. The van der Waals surface area contributed by atoms with Gasteiger partial charge in [0.15, 0.2) is 11.4 Å². The Morgan fingerprint density at radius 3 is 2.80 bits per heavy atom. The fourth-order valence-corrected chi connectivity index (χ4v) is 1.37. The minimum Gasteiger partial charge on any atom is -0.549 e. The van der Waals surface area contributed by atoms with Gasteiger partial charge in [0.1, 0.15) is 0 Å². The lowest BCUT2D eigenvalue weighted by Gasteiger charge is -2.06. The van der Waals surface area contributed by atoms with E-state index >= 15 is 0 Å². The van der Waals surface area contributed by atoms with Crippen LogP contribution in [0.15, 0.2) is 23.3 Å². The summed E-state index contributed by atoms with van der Waals surface area (Å²) in [6.45, 7) is 2.10. The van der Waals surface area contributed by atoms with E-state index in [1.807, 2.05) is 18.3 Å². The minimum atomic E-state index is -0.686. The van der Waals surface area contributed by atoms with E-state index in [1.54, 1.807) is 15.0 Å². The van der Waals surface area contributed by atoms with Crippen LogP contribution in [0.2, 0.25) is 0 Å². The summed E-state index contributed by atoms with van der Waals surface area (Å²) in [7, 11) is 3.24. The van der Waals surface area contributed by atoms with Crippen molar-refractivity contribution in [2.75, 3.05) is 0 Å². The van der Waals surface area contributed by atoms with Crippen molar-refractivity contribution in [1.82, 2.24) is 4.98 Å². The van der Waals surface area contributed by atoms with Gasteiger partial charge in [0, 0.05) is 6.20 Å². The standard InChI is InChI=1S/C9H8B2N2O2/c1-2-6-3-4-7(12-5-6)9(11-15-9)13-8-10-14-8/h3-5H,2H2,1H3. The molecule has 2 aliphatic rings. The molecule has 1 atom stereocenters. The Morgan fingerprint density at radius 1 is 1.53 bits per heavy atom. The third-order valence-corrected chi connectivity index (χ3v) is 2.44. The van der Waals surface area contributed by atoms with Gasteiger partial charge in [-0.2, -0.15) is 0 Å². The van der Waals surface area contributed by atoms with E-state index in [0.717, 1.165) is 12.1 Å². The highest BCUT2D eigenvalue weighted by molar-refractivity contribution is 6.83. The summed E-state index contributed by atoms with van der Waals surface area (Å²) in [6.07, 6.45) is 2.83. The number of aliphatic imine (C=N–C) groups is 1. The molecule has 0 amide bonds. The van der Waals surface area contributed by atoms with Crippen LogP contribution in [0.25, 0.3) is 0 Å². The van der Waals surface area contributed by atoms with Crippen LogP contribution >= 0.6 is 0 Å². The smallest absolute Gasteiger partial charge is 0.474 e. The van der Waals surface area contributed by atoms with Crippen LogP contribution in [-0.4, -0.2) is 25.7 Å². The number of nitrogens with zero attached hydrogens (tertiary/aromatic N) is 2. The maximum Gasteiger partial charge on any atom is 0.474 e. The first-order valence-electron chi connectivity index (χ1n) is 4.90. The van der Waals surface area contributed by atoms with E-state index in [9.17, 15) is 0 Å². The number of aromatic nitrogens is 1. The van der Waals surface area contributed by atoms with Gasteiger partial charge >= 0.3 is 15.0 Å². The molecule has 2 aliphatic heterocycles. The fraction of sp³-hybridized carbons (Fsp3) is 0.333. The summed E-state index contributed by atoms with van der Waals surface area (Å²) in [6, 6.07) is 3.98. The number of rotatable bonds is 3. The molecule has 0 bridgehead atoms. The molecule has 1 unspecified atom stereocenters. The molecule has 2 radical (unpaired) electrons. The molecule has 4 nitrogen and oxygen atoms in total. The van der Waals surface area contributed by atoms with Crippen molar-refractivity contribution in [2.45, 2.75) is 19.0 Å². The molecule has 0 saturated carbocycles. The Bertz CT molecular complexity index is 409. The van der Waals surface area contributed by atoms with E-state index in [4.69, 9.17) is 9.31 Å². The molecule has 3 rings (SSSR count). The van der Waals surface area contributed by atoms with Crippen molar-refractivity contribution in [3.05, 3.63) is 29.6 Å². The second-order valence-corrected chi connectivity index (χ2v) is 3.52. The van der Waals surface area contributed by atoms with Crippen LogP contribution in [0.3, 0.4) is 0 Å². The third-order valence-electron chi connectivity index (χ3n) is 2.44. The average molecular weight is 198 g/mol. The van der Waals surface area contributed by atoms with Crippen LogP contribution in [-0.2, 0) is 21.4 Å². The highest BCUT2D eigenvalue weighted by atomic mass is 16.6. The van der Waals surface area contributed by atoms with Gasteiger partial charge < -0.3 is 9.31 Å². The molecule has 6 heteroatoms.